The molecular weight excluding hydrogens is 138 g/mol. The van der Waals surface area contributed by atoms with E-state index in [0.717, 1.165) is 25.7 Å². The van der Waals surface area contributed by atoms with Gasteiger partial charge in [0.1, 0.15) is 5.78 Å². The second-order valence-corrected chi connectivity index (χ2v) is 3.54. The summed E-state index contributed by atoms with van der Waals surface area (Å²) < 4.78 is 0. The van der Waals surface area contributed by atoms with Crippen LogP contribution in [0.3, 0.4) is 0 Å². The minimum absolute atomic E-state index is 0.365. The molecule has 1 saturated carbocycles. The van der Waals surface area contributed by atoms with Crippen molar-refractivity contribution in [3.63, 3.8) is 0 Å². The lowest BCUT2D eigenvalue weighted by Gasteiger charge is -2.06. The monoisotopic (exact) mass is 155 g/mol. The summed E-state index contributed by atoms with van der Waals surface area (Å²) in [7, 11) is 0. The van der Waals surface area contributed by atoms with Crippen LogP contribution < -0.4 is 5.73 Å². The third-order valence-corrected chi connectivity index (χ3v) is 2.49. The van der Waals surface area contributed by atoms with Crippen molar-refractivity contribution in [3.8, 4) is 0 Å². The number of ketones is 1. The van der Waals surface area contributed by atoms with E-state index < -0.39 is 0 Å². The van der Waals surface area contributed by atoms with Crippen LogP contribution in [0.1, 0.15) is 39.0 Å². The molecule has 0 aromatic heterocycles. The number of nitrogens with two attached hydrogens (primary N) is 1. The van der Waals surface area contributed by atoms with Gasteiger partial charge >= 0.3 is 0 Å². The molecule has 1 fully saturated rings. The van der Waals surface area contributed by atoms with Gasteiger partial charge in [0, 0.05) is 18.9 Å². The van der Waals surface area contributed by atoms with Crippen LogP contribution in [0.25, 0.3) is 0 Å². The van der Waals surface area contributed by atoms with Crippen molar-refractivity contribution >= 4 is 5.78 Å². The molecule has 1 aliphatic carbocycles. The van der Waals surface area contributed by atoms with Gasteiger partial charge in [-0.05, 0) is 25.2 Å². The summed E-state index contributed by atoms with van der Waals surface area (Å²) in [6.45, 7) is 1.93. The van der Waals surface area contributed by atoms with Crippen LogP contribution in [0, 0.1) is 5.92 Å². The van der Waals surface area contributed by atoms with Gasteiger partial charge in [-0.25, -0.2) is 0 Å². The zero-order valence-corrected chi connectivity index (χ0v) is 7.18. The molecule has 1 aliphatic rings. The molecule has 0 saturated heterocycles. The molecule has 0 aliphatic heterocycles. The average molecular weight is 155 g/mol. The lowest BCUT2D eigenvalue weighted by molar-refractivity contribution is -0.119. The second kappa shape index (κ2) is 3.86. The molecule has 11 heavy (non-hydrogen) atoms. The smallest absolute Gasteiger partial charge is 0.132 e. The number of carbonyl (C=O) groups excluding carboxylic acids is 1. The quantitative estimate of drug-likeness (QED) is 0.671. The fourth-order valence-corrected chi connectivity index (χ4v) is 1.77. The molecule has 2 heteroatoms. The van der Waals surface area contributed by atoms with Crippen LogP contribution in [-0.4, -0.2) is 11.8 Å². The zero-order valence-electron chi connectivity index (χ0n) is 7.18. The Morgan fingerprint density at radius 2 is 2.27 bits per heavy atom. The van der Waals surface area contributed by atoms with E-state index in [1.807, 2.05) is 6.92 Å². The van der Waals surface area contributed by atoms with Gasteiger partial charge in [-0.2, -0.15) is 0 Å². The Morgan fingerprint density at radius 3 is 2.73 bits per heavy atom. The van der Waals surface area contributed by atoms with Crippen LogP contribution in [0.5, 0.6) is 0 Å². The summed E-state index contributed by atoms with van der Waals surface area (Å²) in [5.41, 5.74) is 5.73. The predicted molar refractivity (Wildman–Crippen MR) is 45.2 cm³/mol. The van der Waals surface area contributed by atoms with Gasteiger partial charge in [0.15, 0.2) is 0 Å². The normalized spacial score (nSPS) is 30.7. The maximum Gasteiger partial charge on any atom is 0.132 e. The van der Waals surface area contributed by atoms with Crippen molar-refractivity contribution in [3.05, 3.63) is 0 Å². The molecule has 0 radical (unpaired) electrons. The predicted octanol–water partition coefficient (Wildman–Crippen LogP) is 1.48. The molecule has 0 amide bonds. The van der Waals surface area contributed by atoms with Gasteiger partial charge in [0.25, 0.3) is 0 Å². The highest BCUT2D eigenvalue weighted by Gasteiger charge is 2.22. The Bertz CT molecular complexity index is 144. The van der Waals surface area contributed by atoms with Crippen molar-refractivity contribution in [2.45, 2.75) is 45.1 Å². The number of hydrogen-bond acceptors (Lipinski definition) is 2. The van der Waals surface area contributed by atoms with Crippen LogP contribution in [0.15, 0.2) is 0 Å². The van der Waals surface area contributed by atoms with E-state index in [1.54, 1.807) is 0 Å². The first kappa shape index (κ1) is 8.72. The summed E-state index contributed by atoms with van der Waals surface area (Å²) in [5.74, 6) is 0.988. The van der Waals surface area contributed by atoms with Crippen LogP contribution >= 0.6 is 0 Å². The minimum atomic E-state index is 0.365. The molecule has 2 atom stereocenters. The Hall–Kier alpha value is -0.370. The first-order chi connectivity index (χ1) is 5.22. The molecule has 0 bridgehead atoms. The second-order valence-electron chi connectivity index (χ2n) is 3.54. The van der Waals surface area contributed by atoms with Crippen molar-refractivity contribution in [2.24, 2.45) is 11.7 Å². The summed E-state index contributed by atoms with van der Waals surface area (Å²) in [5, 5.41) is 0. The van der Waals surface area contributed by atoms with Gasteiger partial charge in [-0.1, -0.05) is 6.92 Å². The molecule has 1 rings (SSSR count). The van der Waals surface area contributed by atoms with Gasteiger partial charge in [0.2, 0.25) is 0 Å². The number of rotatable bonds is 3. The molecular formula is C9H17NO. The van der Waals surface area contributed by atoms with Gasteiger partial charge in [-0.3, -0.25) is 4.79 Å². The maximum absolute atomic E-state index is 11.0. The lowest BCUT2D eigenvalue weighted by atomic mass is 10.00. The summed E-state index contributed by atoms with van der Waals surface area (Å²) in [6, 6.07) is 0.365. The molecule has 0 aromatic rings. The standard InChI is InChI=1S/C9H17NO/c1-2-9(11)6-7-3-4-8(10)5-7/h7-8H,2-6,10H2,1H3/t7-,8+/m1/s1. The van der Waals surface area contributed by atoms with Crippen LogP contribution in [0.2, 0.25) is 0 Å². The van der Waals surface area contributed by atoms with E-state index in [2.05, 4.69) is 0 Å². The SMILES string of the molecule is CCC(=O)C[C@@H]1CC[C@H](N)C1. The number of carbonyl (C=O) groups is 1. The van der Waals surface area contributed by atoms with Crippen molar-refractivity contribution in [1.29, 1.82) is 0 Å². The van der Waals surface area contributed by atoms with Crippen molar-refractivity contribution < 1.29 is 4.79 Å². The fourth-order valence-electron chi connectivity index (χ4n) is 1.77. The largest absolute Gasteiger partial charge is 0.328 e. The van der Waals surface area contributed by atoms with Crippen molar-refractivity contribution in [1.82, 2.24) is 0 Å². The highest BCUT2D eigenvalue weighted by atomic mass is 16.1. The third-order valence-electron chi connectivity index (χ3n) is 2.49. The summed E-state index contributed by atoms with van der Waals surface area (Å²) in [6.07, 6.45) is 4.79. The van der Waals surface area contributed by atoms with E-state index >= 15 is 0 Å². The third kappa shape index (κ3) is 2.62. The van der Waals surface area contributed by atoms with Crippen LogP contribution in [-0.2, 0) is 4.79 Å². The van der Waals surface area contributed by atoms with Gasteiger partial charge < -0.3 is 5.73 Å². The van der Waals surface area contributed by atoms with Crippen molar-refractivity contribution in [2.75, 3.05) is 0 Å². The number of hydrogen-bond donors (Lipinski definition) is 1. The number of Topliss-reactive ketones (excluding diaryl/α,β-unsaturated/α-hetero) is 1. The van der Waals surface area contributed by atoms with Gasteiger partial charge in [0.05, 0.1) is 0 Å². The van der Waals surface area contributed by atoms with E-state index in [-0.39, 0.29) is 0 Å². The maximum atomic E-state index is 11.0. The highest BCUT2D eigenvalue weighted by molar-refractivity contribution is 5.78. The van der Waals surface area contributed by atoms with E-state index in [9.17, 15) is 4.79 Å². The zero-order chi connectivity index (χ0) is 8.27. The first-order valence-electron chi connectivity index (χ1n) is 4.49. The molecule has 2 nitrogen and oxygen atoms in total. The Labute approximate surface area is 68.2 Å². The van der Waals surface area contributed by atoms with E-state index in [0.29, 0.717) is 24.2 Å². The summed E-state index contributed by atoms with van der Waals surface area (Å²) in [4.78, 5) is 11.0. The topological polar surface area (TPSA) is 43.1 Å². The molecule has 0 aromatic carbocycles. The van der Waals surface area contributed by atoms with Gasteiger partial charge in [-0.15, -0.1) is 0 Å². The molecule has 64 valence electrons. The summed E-state index contributed by atoms with van der Waals surface area (Å²) >= 11 is 0. The average Bonchev–Trinajstić information content (AvgIpc) is 2.35. The van der Waals surface area contributed by atoms with Crippen LogP contribution in [0.4, 0.5) is 0 Å². The molecule has 0 unspecified atom stereocenters. The molecule has 2 N–H and O–H groups in total. The molecule has 0 spiro atoms. The first-order valence-corrected chi connectivity index (χ1v) is 4.49. The Kier molecular flexibility index (Phi) is 3.06. The highest BCUT2D eigenvalue weighted by Crippen LogP contribution is 2.27. The lowest BCUT2D eigenvalue weighted by Crippen LogP contribution is -2.15. The minimum Gasteiger partial charge on any atom is -0.328 e. The Morgan fingerprint density at radius 1 is 1.55 bits per heavy atom. The fraction of sp³-hybridized carbons (Fsp3) is 0.889. The van der Waals surface area contributed by atoms with E-state index in [4.69, 9.17) is 5.73 Å². The Balaban J connectivity index is 2.23. The van der Waals surface area contributed by atoms with E-state index in [1.165, 1.54) is 0 Å². The molecule has 0 heterocycles.